The van der Waals surface area contributed by atoms with Gasteiger partial charge in [-0.3, -0.25) is 4.90 Å². The molecule has 0 spiro atoms. The number of carbonyl (C=O) groups is 1. The number of likely N-dealkylation sites (N-methyl/N-ethyl adjacent to an activating group) is 1. The molecule has 0 amide bonds. The number of carboxylic acids is 1. The molecule has 11 heteroatoms. The van der Waals surface area contributed by atoms with Crippen molar-refractivity contribution in [3.63, 3.8) is 0 Å². The topological polar surface area (TPSA) is 120 Å². The normalized spacial score (nSPS) is 16.1. The zero-order valence-electron chi connectivity index (χ0n) is 30.6. The minimum Gasteiger partial charge on any atom is -0.543 e. The number of aromatic nitrogens is 4. The van der Waals surface area contributed by atoms with Crippen LogP contribution in [0, 0.1) is 0 Å². The molecule has 1 aromatic heterocycles. The largest absolute Gasteiger partial charge is 1.00 e. The van der Waals surface area contributed by atoms with E-state index in [2.05, 4.69) is 46.7 Å². The van der Waals surface area contributed by atoms with Crippen LogP contribution in [0.15, 0.2) is 151 Å². The summed E-state index contributed by atoms with van der Waals surface area (Å²) in [6.45, 7) is 4.82. The molecule has 2 heterocycles. The van der Waals surface area contributed by atoms with Crippen LogP contribution in [-0.4, -0.2) is 61.8 Å². The number of nitrogens with zero attached hydrogens (tertiary/aromatic N) is 6. The smallest absolute Gasteiger partial charge is 0.543 e. The molecular weight excluding hydrogens is 659 g/mol. The van der Waals surface area contributed by atoms with Crippen LogP contribution >= 0.6 is 0 Å². The second-order valence-corrected chi connectivity index (χ2v) is 13.4. The molecule has 0 saturated carbocycles. The number of ether oxygens (including phenoxy) is 1. The van der Waals surface area contributed by atoms with Crippen LogP contribution in [0.3, 0.4) is 0 Å². The average Bonchev–Trinajstić information content (AvgIpc) is 3.75. The monoisotopic (exact) mass is 698 g/mol. The van der Waals surface area contributed by atoms with E-state index in [1.165, 1.54) is 21.0 Å². The van der Waals surface area contributed by atoms with Gasteiger partial charge >= 0.3 is 18.9 Å². The van der Waals surface area contributed by atoms with Gasteiger partial charge < -0.3 is 24.6 Å². The molecule has 0 bridgehead atoms. The summed E-state index contributed by atoms with van der Waals surface area (Å²) < 4.78 is 7.81. The van der Waals surface area contributed by atoms with Crippen molar-refractivity contribution in [3.8, 4) is 22.5 Å². The van der Waals surface area contributed by atoms with Crippen LogP contribution < -0.4 is 28.9 Å². The predicted octanol–water partition coefficient (Wildman–Crippen LogP) is 2.66. The first-order valence-corrected chi connectivity index (χ1v) is 17.0. The van der Waals surface area contributed by atoms with E-state index in [1.807, 2.05) is 108 Å². The summed E-state index contributed by atoms with van der Waals surface area (Å²) in [6.07, 6.45) is 0. The van der Waals surface area contributed by atoms with E-state index in [0.717, 1.165) is 33.4 Å². The van der Waals surface area contributed by atoms with Crippen LogP contribution in [0.4, 0.5) is 5.69 Å². The number of benzene rings is 5. The Balaban J connectivity index is 0.00000481. The number of carbonyl (C=O) groups excluding carboxylic acids is 1. The van der Waals surface area contributed by atoms with Gasteiger partial charge in [0.15, 0.2) is 5.82 Å². The number of rotatable bonds is 10. The van der Waals surface area contributed by atoms with Gasteiger partial charge in [-0.25, -0.2) is 4.68 Å². The third-order valence-corrected chi connectivity index (χ3v) is 9.95. The molecule has 1 aliphatic heterocycles. The second kappa shape index (κ2) is 14.5. The van der Waals surface area contributed by atoms with Crippen molar-refractivity contribution < 1.29 is 38.6 Å². The quantitative estimate of drug-likeness (QED) is 0.170. The Kier molecular flexibility index (Phi) is 10.2. The number of methoxy groups -OCH3 is 1. The Morgan fingerprint density at radius 1 is 0.755 bits per heavy atom. The molecule has 1 aliphatic rings. The fourth-order valence-electron chi connectivity index (χ4n) is 7.52. The molecule has 1 N–H and O–H groups in total. The fraction of sp³-hybridized carbons (Fsp3) is 0.190. The maximum Gasteiger partial charge on any atom is 1.00 e. The van der Waals surface area contributed by atoms with E-state index in [4.69, 9.17) is 9.95 Å². The fourth-order valence-corrected chi connectivity index (χ4v) is 7.52. The van der Waals surface area contributed by atoms with E-state index in [9.17, 15) is 15.0 Å². The van der Waals surface area contributed by atoms with E-state index in [1.54, 1.807) is 23.8 Å². The summed E-state index contributed by atoms with van der Waals surface area (Å²) in [6, 6.07) is 46.1. The maximum atomic E-state index is 12.7. The van der Waals surface area contributed by atoms with E-state index in [0.29, 0.717) is 11.5 Å². The van der Waals surface area contributed by atoms with Crippen LogP contribution in [0.5, 0.6) is 0 Å². The first-order chi connectivity index (χ1) is 25.0. The van der Waals surface area contributed by atoms with Crippen LogP contribution in [-0.2, 0) is 15.1 Å². The zero-order valence-corrected chi connectivity index (χ0v) is 30.6. The molecule has 1 unspecified atom stereocenters. The Bertz CT molecular complexity index is 2140. The molecule has 0 radical (unpaired) electrons. The van der Waals surface area contributed by atoms with Gasteiger partial charge in [0.1, 0.15) is 11.1 Å². The van der Waals surface area contributed by atoms with E-state index in [-0.39, 0.29) is 30.3 Å². The molecule has 7 rings (SSSR count). The Hall–Kier alpha value is -5.50. The summed E-state index contributed by atoms with van der Waals surface area (Å²) in [7, 11) is 3.19. The molecule has 0 aliphatic carbocycles. The number of tetrazole rings is 1. The van der Waals surface area contributed by atoms with Crippen molar-refractivity contribution in [2.75, 3.05) is 19.1 Å². The summed E-state index contributed by atoms with van der Waals surface area (Å²) >= 11 is 0. The summed E-state index contributed by atoms with van der Waals surface area (Å²) in [4.78, 5) is 15.8. The van der Waals surface area contributed by atoms with Gasteiger partial charge in [0.25, 0.3) is 0 Å². The minimum absolute atomic E-state index is 0. The number of carboxylic acid groups (broad SMARTS) is 1. The number of aliphatic hydroxyl groups is 1. The summed E-state index contributed by atoms with van der Waals surface area (Å²) in [5.74, 6) is -2.13. The van der Waals surface area contributed by atoms with Gasteiger partial charge in [0.2, 0.25) is 5.85 Å². The first kappa shape index (κ1) is 37.3. The Labute approximate surface area is 321 Å². The van der Waals surface area contributed by atoms with Gasteiger partial charge in [-0.05, 0) is 64.2 Å². The molecule has 5 aromatic carbocycles. The maximum absolute atomic E-state index is 12.7. The third-order valence-electron chi connectivity index (χ3n) is 9.95. The van der Waals surface area contributed by atoms with Crippen LogP contribution in [0.25, 0.3) is 22.5 Å². The van der Waals surface area contributed by atoms with Gasteiger partial charge in [-0.1, -0.05) is 127 Å². The average molecular weight is 699 g/mol. The van der Waals surface area contributed by atoms with Crippen LogP contribution in [0.1, 0.15) is 37.5 Å². The summed E-state index contributed by atoms with van der Waals surface area (Å²) in [5, 5.41) is 37.3. The SMILES string of the molecule is COC1(C)N(C)C(C(C)(C)O)=C(C(=O)[O-])N1c1ccc(-c2ccccc2-c2nnnn2C(c2ccccc2)(c2ccccc2)c2ccccc2)cc1.[Li+]. The van der Waals surface area contributed by atoms with Gasteiger partial charge in [0.05, 0.1) is 17.4 Å². The Morgan fingerprint density at radius 2 is 1.23 bits per heavy atom. The third kappa shape index (κ3) is 6.14. The van der Waals surface area contributed by atoms with Gasteiger partial charge in [0, 0.05) is 32.3 Å². The zero-order chi connectivity index (χ0) is 36.7. The molecule has 53 heavy (non-hydrogen) atoms. The first-order valence-electron chi connectivity index (χ1n) is 17.0. The molecule has 0 saturated heterocycles. The number of anilines is 1. The number of hydrogen-bond donors (Lipinski definition) is 1. The minimum atomic E-state index is -1.49. The van der Waals surface area contributed by atoms with Crippen molar-refractivity contribution in [1.29, 1.82) is 0 Å². The molecule has 262 valence electrons. The van der Waals surface area contributed by atoms with Crippen molar-refractivity contribution in [3.05, 3.63) is 168 Å². The second-order valence-electron chi connectivity index (χ2n) is 13.4. The summed E-state index contributed by atoms with van der Waals surface area (Å²) in [5.41, 5.74) is 3.61. The molecule has 0 fully saturated rings. The number of hydrogen-bond acceptors (Lipinski definition) is 9. The van der Waals surface area contributed by atoms with Crippen LogP contribution in [0.2, 0.25) is 0 Å². The van der Waals surface area contributed by atoms with Crippen molar-refractivity contribution >= 4 is 11.7 Å². The molecule has 6 aromatic rings. The van der Waals surface area contributed by atoms with E-state index >= 15 is 0 Å². The van der Waals surface area contributed by atoms with E-state index < -0.39 is 23.0 Å². The van der Waals surface area contributed by atoms with Crippen molar-refractivity contribution in [1.82, 2.24) is 25.1 Å². The van der Waals surface area contributed by atoms with Gasteiger partial charge in [-0.2, -0.15) is 0 Å². The van der Waals surface area contributed by atoms with Crippen molar-refractivity contribution in [2.24, 2.45) is 0 Å². The van der Waals surface area contributed by atoms with Gasteiger partial charge in [-0.15, -0.1) is 5.10 Å². The predicted molar refractivity (Wildman–Crippen MR) is 197 cm³/mol. The molecule has 10 nitrogen and oxygen atoms in total. The number of aliphatic carboxylic acids is 1. The van der Waals surface area contributed by atoms with Crippen molar-refractivity contribution in [2.45, 2.75) is 37.8 Å². The standard InChI is InChI=1S/C42H40N6O4.Li/c1-40(2,51)37-36(39(49)50)47(41(3,52-5)46(37)4)33-27-25-29(26-28-33)34-23-15-16-24-35(34)38-43-44-45-48(38)42(30-17-9-6-10-18-30,31-19-11-7-12-20-31)32-21-13-8-14-22-32;/h6-28,51H,1-5H3,(H,49,50);/q;+1/p-1. The molecule has 1 atom stereocenters. The Morgan fingerprint density at radius 3 is 1.68 bits per heavy atom. The molecular formula is C42H39LiN6O4.